The van der Waals surface area contributed by atoms with Gasteiger partial charge in [-0.3, -0.25) is 4.79 Å². The van der Waals surface area contributed by atoms with Crippen LogP contribution in [-0.4, -0.2) is 44.7 Å². The molecule has 1 aromatic carbocycles. The number of hydrogen-bond donors (Lipinski definition) is 1. The van der Waals surface area contributed by atoms with E-state index in [1.54, 1.807) is 31.2 Å². The first-order valence-electron chi connectivity index (χ1n) is 6.22. The molecule has 0 unspecified atom stereocenters. The van der Waals surface area contributed by atoms with Crippen LogP contribution in [-0.2, 0) is 4.74 Å². The van der Waals surface area contributed by atoms with E-state index in [2.05, 4.69) is 11.8 Å². The molecule has 1 aromatic rings. The Kier molecular flexibility index (Phi) is 6.65. The van der Waals surface area contributed by atoms with Gasteiger partial charge in [0, 0.05) is 38.4 Å². The highest BCUT2D eigenvalue weighted by Crippen LogP contribution is 2.06. The van der Waals surface area contributed by atoms with E-state index in [9.17, 15) is 4.79 Å². The number of carbonyl (C=O) groups excluding carboxylic acids is 1. The van der Waals surface area contributed by atoms with Crippen LogP contribution in [0.5, 0.6) is 0 Å². The molecule has 4 heteroatoms. The third-order valence-corrected chi connectivity index (χ3v) is 2.66. The number of benzene rings is 1. The Balaban J connectivity index is 2.61. The Morgan fingerprint density at radius 1 is 1.37 bits per heavy atom. The lowest BCUT2D eigenvalue weighted by atomic mass is 10.1. The van der Waals surface area contributed by atoms with Gasteiger partial charge in [-0.05, 0) is 30.7 Å². The van der Waals surface area contributed by atoms with Gasteiger partial charge in [0.25, 0.3) is 5.91 Å². The van der Waals surface area contributed by atoms with Crippen LogP contribution in [0.15, 0.2) is 24.3 Å². The zero-order chi connectivity index (χ0) is 14.1. The van der Waals surface area contributed by atoms with Gasteiger partial charge in [0.15, 0.2) is 0 Å². The SMILES string of the molecule is COCCCN(C)C(=O)c1ccc(C#CCN)cc1. The van der Waals surface area contributed by atoms with Crippen molar-refractivity contribution in [3.8, 4) is 11.8 Å². The topological polar surface area (TPSA) is 55.6 Å². The van der Waals surface area contributed by atoms with Gasteiger partial charge in [0.05, 0.1) is 6.54 Å². The van der Waals surface area contributed by atoms with Gasteiger partial charge >= 0.3 is 0 Å². The Labute approximate surface area is 114 Å². The van der Waals surface area contributed by atoms with Gasteiger partial charge in [-0.15, -0.1) is 0 Å². The van der Waals surface area contributed by atoms with Crippen molar-refractivity contribution in [3.05, 3.63) is 35.4 Å². The summed E-state index contributed by atoms with van der Waals surface area (Å²) in [5, 5.41) is 0. The summed E-state index contributed by atoms with van der Waals surface area (Å²) in [5.74, 6) is 5.71. The average Bonchev–Trinajstić information content (AvgIpc) is 2.45. The summed E-state index contributed by atoms with van der Waals surface area (Å²) in [6.07, 6.45) is 0.832. The molecule has 0 atom stereocenters. The molecular formula is C15H20N2O2. The summed E-state index contributed by atoms with van der Waals surface area (Å²) >= 11 is 0. The fourth-order valence-electron chi connectivity index (χ4n) is 1.62. The summed E-state index contributed by atoms with van der Waals surface area (Å²) in [4.78, 5) is 13.8. The maximum absolute atomic E-state index is 12.1. The molecule has 1 amide bonds. The lowest BCUT2D eigenvalue weighted by Crippen LogP contribution is -2.28. The van der Waals surface area contributed by atoms with E-state index in [4.69, 9.17) is 10.5 Å². The molecule has 4 nitrogen and oxygen atoms in total. The second-order valence-electron chi connectivity index (χ2n) is 4.16. The minimum Gasteiger partial charge on any atom is -0.385 e. The number of nitrogens with zero attached hydrogens (tertiary/aromatic N) is 1. The Hall–Kier alpha value is -1.83. The molecule has 0 fully saturated rings. The van der Waals surface area contributed by atoms with Gasteiger partial charge < -0.3 is 15.4 Å². The predicted molar refractivity (Wildman–Crippen MR) is 75.8 cm³/mol. The summed E-state index contributed by atoms with van der Waals surface area (Å²) in [6, 6.07) is 7.24. The summed E-state index contributed by atoms with van der Waals surface area (Å²) in [6.45, 7) is 1.68. The highest BCUT2D eigenvalue weighted by atomic mass is 16.5. The first-order valence-corrected chi connectivity index (χ1v) is 6.22. The van der Waals surface area contributed by atoms with Crippen LogP contribution in [0.1, 0.15) is 22.3 Å². The van der Waals surface area contributed by atoms with E-state index in [1.165, 1.54) is 0 Å². The molecule has 0 heterocycles. The number of methoxy groups -OCH3 is 1. The van der Waals surface area contributed by atoms with Crippen molar-refractivity contribution in [1.82, 2.24) is 4.90 Å². The number of carbonyl (C=O) groups is 1. The van der Waals surface area contributed by atoms with Gasteiger partial charge in [-0.25, -0.2) is 0 Å². The zero-order valence-electron chi connectivity index (χ0n) is 11.5. The van der Waals surface area contributed by atoms with Crippen LogP contribution in [0.25, 0.3) is 0 Å². The predicted octanol–water partition coefficient (Wildman–Crippen LogP) is 1.11. The standard InChI is InChI=1S/C15H20N2O2/c1-17(11-4-12-19-2)15(18)14-8-6-13(7-9-14)5-3-10-16/h6-9H,4,10-12,16H2,1-2H3. The van der Waals surface area contributed by atoms with Crippen LogP contribution >= 0.6 is 0 Å². The summed E-state index contributed by atoms with van der Waals surface area (Å²) in [7, 11) is 3.45. The number of rotatable bonds is 5. The van der Waals surface area contributed by atoms with E-state index in [0.29, 0.717) is 25.3 Å². The monoisotopic (exact) mass is 260 g/mol. The number of nitrogens with two attached hydrogens (primary N) is 1. The molecule has 0 aliphatic rings. The molecule has 0 aliphatic carbocycles. The van der Waals surface area contributed by atoms with Crippen LogP contribution in [0.4, 0.5) is 0 Å². The van der Waals surface area contributed by atoms with E-state index >= 15 is 0 Å². The minimum absolute atomic E-state index is 0.00874. The van der Waals surface area contributed by atoms with Crippen molar-refractivity contribution < 1.29 is 9.53 Å². The van der Waals surface area contributed by atoms with Crippen molar-refractivity contribution in [2.75, 3.05) is 33.9 Å². The van der Waals surface area contributed by atoms with Crippen molar-refractivity contribution >= 4 is 5.91 Å². The van der Waals surface area contributed by atoms with Crippen molar-refractivity contribution in [2.24, 2.45) is 5.73 Å². The normalized spacial score (nSPS) is 9.63. The van der Waals surface area contributed by atoms with E-state index in [-0.39, 0.29) is 5.91 Å². The third-order valence-electron chi connectivity index (χ3n) is 2.66. The molecule has 102 valence electrons. The number of amides is 1. The molecule has 2 N–H and O–H groups in total. The van der Waals surface area contributed by atoms with Gasteiger partial charge in [-0.1, -0.05) is 11.8 Å². The second-order valence-corrected chi connectivity index (χ2v) is 4.16. The molecule has 19 heavy (non-hydrogen) atoms. The Morgan fingerprint density at radius 2 is 2.05 bits per heavy atom. The molecule has 0 radical (unpaired) electrons. The lowest BCUT2D eigenvalue weighted by molar-refractivity contribution is 0.0779. The molecule has 1 rings (SSSR count). The fraction of sp³-hybridized carbons (Fsp3) is 0.400. The number of ether oxygens (including phenoxy) is 1. The lowest BCUT2D eigenvalue weighted by Gasteiger charge is -2.16. The smallest absolute Gasteiger partial charge is 0.253 e. The van der Waals surface area contributed by atoms with Crippen molar-refractivity contribution in [2.45, 2.75) is 6.42 Å². The minimum atomic E-state index is 0.00874. The molecule has 0 saturated carbocycles. The maximum Gasteiger partial charge on any atom is 0.253 e. The maximum atomic E-state index is 12.1. The molecule has 0 spiro atoms. The third kappa shape index (κ3) is 5.12. The average molecular weight is 260 g/mol. The van der Waals surface area contributed by atoms with Crippen LogP contribution in [0.3, 0.4) is 0 Å². The van der Waals surface area contributed by atoms with E-state index in [0.717, 1.165) is 12.0 Å². The summed E-state index contributed by atoms with van der Waals surface area (Å²) < 4.78 is 4.97. The van der Waals surface area contributed by atoms with Crippen LogP contribution < -0.4 is 5.73 Å². The molecule has 0 bridgehead atoms. The number of hydrogen-bond acceptors (Lipinski definition) is 3. The largest absolute Gasteiger partial charge is 0.385 e. The van der Waals surface area contributed by atoms with Crippen LogP contribution in [0, 0.1) is 11.8 Å². The van der Waals surface area contributed by atoms with E-state index in [1.807, 2.05) is 12.1 Å². The highest BCUT2D eigenvalue weighted by Gasteiger charge is 2.10. The first-order chi connectivity index (χ1) is 9.19. The Bertz CT molecular complexity index is 457. The van der Waals surface area contributed by atoms with Crippen molar-refractivity contribution in [3.63, 3.8) is 0 Å². The van der Waals surface area contributed by atoms with Crippen molar-refractivity contribution in [1.29, 1.82) is 0 Å². The summed E-state index contributed by atoms with van der Waals surface area (Å²) in [5.41, 5.74) is 6.84. The Morgan fingerprint density at radius 3 is 2.63 bits per heavy atom. The fourth-order valence-corrected chi connectivity index (χ4v) is 1.62. The van der Waals surface area contributed by atoms with Gasteiger partial charge in [0.2, 0.25) is 0 Å². The van der Waals surface area contributed by atoms with Gasteiger partial charge in [-0.2, -0.15) is 0 Å². The quantitative estimate of drug-likeness (QED) is 0.637. The highest BCUT2D eigenvalue weighted by molar-refractivity contribution is 5.94. The second kappa shape index (κ2) is 8.30. The van der Waals surface area contributed by atoms with Crippen LogP contribution in [0.2, 0.25) is 0 Å². The molecule has 0 saturated heterocycles. The van der Waals surface area contributed by atoms with Gasteiger partial charge in [0.1, 0.15) is 0 Å². The zero-order valence-corrected chi connectivity index (χ0v) is 11.5. The van der Waals surface area contributed by atoms with E-state index < -0.39 is 0 Å². The molecule has 0 aliphatic heterocycles. The molecule has 0 aromatic heterocycles. The first kappa shape index (κ1) is 15.2. The molecular weight excluding hydrogens is 240 g/mol.